The summed E-state index contributed by atoms with van der Waals surface area (Å²) in [4.78, 5) is 0. The fraction of sp³-hybridized carbons (Fsp3) is 1.00. The molecule has 4 nitrogen and oxygen atoms in total. The Hall–Kier alpha value is -0.160. The highest BCUT2D eigenvalue weighted by molar-refractivity contribution is 4.68. The second-order valence-corrected chi connectivity index (χ2v) is 4.04. The van der Waals surface area contributed by atoms with Crippen molar-refractivity contribution in [2.45, 2.75) is 25.3 Å². The predicted octanol–water partition coefficient (Wildman–Crippen LogP) is -0.321. The first-order valence-electron chi connectivity index (χ1n) is 5.57. The van der Waals surface area contributed by atoms with Gasteiger partial charge in [-0.15, -0.1) is 0 Å². The topological polar surface area (TPSA) is 73.3 Å². The van der Waals surface area contributed by atoms with Crippen LogP contribution in [0.4, 0.5) is 0 Å². The first kappa shape index (κ1) is 11.9. The molecule has 1 rings (SSSR count). The van der Waals surface area contributed by atoms with E-state index in [0.29, 0.717) is 6.54 Å². The number of ether oxygens (including phenoxy) is 1. The van der Waals surface area contributed by atoms with E-state index in [2.05, 4.69) is 5.32 Å². The molecule has 0 radical (unpaired) electrons. The highest BCUT2D eigenvalue weighted by atomic mass is 16.5. The van der Waals surface area contributed by atoms with Gasteiger partial charge in [-0.05, 0) is 31.7 Å². The average Bonchev–Trinajstić information content (AvgIpc) is 2.25. The molecule has 1 atom stereocenters. The number of hydrogen-bond acceptors (Lipinski definition) is 4. The minimum atomic E-state index is 0.102. The molecule has 0 aliphatic carbocycles. The van der Waals surface area contributed by atoms with Crippen LogP contribution in [0.15, 0.2) is 0 Å². The summed E-state index contributed by atoms with van der Waals surface area (Å²) in [5.74, 6) is 0.838. The molecule has 84 valence electrons. The second kappa shape index (κ2) is 7.17. The van der Waals surface area contributed by atoms with Gasteiger partial charge in [0.1, 0.15) is 0 Å². The molecule has 0 aromatic carbocycles. The summed E-state index contributed by atoms with van der Waals surface area (Å²) >= 11 is 0. The summed E-state index contributed by atoms with van der Waals surface area (Å²) < 4.78 is 5.30. The van der Waals surface area contributed by atoms with Crippen LogP contribution in [0.1, 0.15) is 19.3 Å². The summed E-state index contributed by atoms with van der Waals surface area (Å²) in [6.45, 7) is 4.32. The molecule has 5 N–H and O–H groups in total. The van der Waals surface area contributed by atoms with Crippen molar-refractivity contribution in [2.24, 2.45) is 17.4 Å². The number of nitrogens with two attached hydrogens (primary N) is 2. The van der Waals surface area contributed by atoms with Crippen molar-refractivity contribution in [2.75, 3.05) is 32.8 Å². The highest BCUT2D eigenvalue weighted by Gasteiger charge is 2.12. The molecule has 1 fully saturated rings. The van der Waals surface area contributed by atoms with E-state index in [9.17, 15) is 0 Å². The SMILES string of the molecule is NCC(N)CNCCC1CCOCC1. The van der Waals surface area contributed by atoms with Gasteiger partial charge in [0.05, 0.1) is 0 Å². The average molecular weight is 201 g/mol. The molecule has 0 aromatic heterocycles. The molecule has 1 saturated heterocycles. The van der Waals surface area contributed by atoms with E-state index in [1.165, 1.54) is 19.3 Å². The first-order chi connectivity index (χ1) is 6.83. The molecule has 1 unspecified atom stereocenters. The largest absolute Gasteiger partial charge is 0.381 e. The Morgan fingerprint density at radius 2 is 2.07 bits per heavy atom. The maximum atomic E-state index is 5.68. The molecule has 1 aliphatic rings. The van der Waals surface area contributed by atoms with Gasteiger partial charge in [-0.1, -0.05) is 0 Å². The lowest BCUT2D eigenvalue weighted by Gasteiger charge is -2.22. The van der Waals surface area contributed by atoms with Gasteiger partial charge in [-0.25, -0.2) is 0 Å². The zero-order chi connectivity index (χ0) is 10.2. The van der Waals surface area contributed by atoms with Crippen LogP contribution in [0.3, 0.4) is 0 Å². The van der Waals surface area contributed by atoms with E-state index >= 15 is 0 Å². The quantitative estimate of drug-likeness (QED) is 0.515. The minimum Gasteiger partial charge on any atom is -0.381 e. The van der Waals surface area contributed by atoms with E-state index in [0.717, 1.165) is 32.2 Å². The molecular formula is C10H23N3O. The first-order valence-corrected chi connectivity index (χ1v) is 5.57. The van der Waals surface area contributed by atoms with Gasteiger partial charge in [-0.3, -0.25) is 0 Å². The third-order valence-corrected chi connectivity index (χ3v) is 2.78. The van der Waals surface area contributed by atoms with Crippen LogP contribution in [-0.2, 0) is 4.74 Å². The van der Waals surface area contributed by atoms with E-state index in [1.54, 1.807) is 0 Å². The van der Waals surface area contributed by atoms with Gasteiger partial charge in [0.15, 0.2) is 0 Å². The van der Waals surface area contributed by atoms with Gasteiger partial charge in [0.25, 0.3) is 0 Å². The Kier molecular flexibility index (Phi) is 6.10. The van der Waals surface area contributed by atoms with Crippen molar-refractivity contribution in [3.05, 3.63) is 0 Å². The molecule has 1 heterocycles. The third kappa shape index (κ3) is 4.91. The van der Waals surface area contributed by atoms with Gasteiger partial charge in [-0.2, -0.15) is 0 Å². The number of hydrogen-bond donors (Lipinski definition) is 3. The van der Waals surface area contributed by atoms with Crippen molar-refractivity contribution < 1.29 is 4.74 Å². The Labute approximate surface area is 86.4 Å². The summed E-state index contributed by atoms with van der Waals surface area (Å²) in [7, 11) is 0. The molecule has 0 amide bonds. The van der Waals surface area contributed by atoms with E-state index in [-0.39, 0.29) is 6.04 Å². The Morgan fingerprint density at radius 1 is 1.36 bits per heavy atom. The highest BCUT2D eigenvalue weighted by Crippen LogP contribution is 2.17. The lowest BCUT2D eigenvalue weighted by molar-refractivity contribution is 0.0640. The third-order valence-electron chi connectivity index (χ3n) is 2.78. The van der Waals surface area contributed by atoms with E-state index < -0.39 is 0 Å². The van der Waals surface area contributed by atoms with Crippen molar-refractivity contribution in [3.63, 3.8) is 0 Å². The number of nitrogens with one attached hydrogen (secondary N) is 1. The zero-order valence-electron chi connectivity index (χ0n) is 8.87. The van der Waals surface area contributed by atoms with Crippen molar-refractivity contribution in [1.29, 1.82) is 0 Å². The van der Waals surface area contributed by atoms with Crippen molar-refractivity contribution in [1.82, 2.24) is 5.32 Å². The van der Waals surface area contributed by atoms with Crippen LogP contribution < -0.4 is 16.8 Å². The predicted molar refractivity (Wildman–Crippen MR) is 58.1 cm³/mol. The monoisotopic (exact) mass is 201 g/mol. The minimum absolute atomic E-state index is 0.102. The maximum absolute atomic E-state index is 5.68. The van der Waals surface area contributed by atoms with E-state index in [4.69, 9.17) is 16.2 Å². The lowest BCUT2D eigenvalue weighted by Crippen LogP contribution is -2.40. The van der Waals surface area contributed by atoms with Gasteiger partial charge >= 0.3 is 0 Å². The van der Waals surface area contributed by atoms with Crippen LogP contribution in [0.5, 0.6) is 0 Å². The Balaban J connectivity index is 1.92. The second-order valence-electron chi connectivity index (χ2n) is 4.04. The van der Waals surface area contributed by atoms with E-state index in [1.807, 2.05) is 0 Å². The van der Waals surface area contributed by atoms with Crippen LogP contribution >= 0.6 is 0 Å². The van der Waals surface area contributed by atoms with Crippen molar-refractivity contribution >= 4 is 0 Å². The molecule has 14 heavy (non-hydrogen) atoms. The molecule has 0 aromatic rings. The van der Waals surface area contributed by atoms with Crippen LogP contribution in [0.25, 0.3) is 0 Å². The molecular weight excluding hydrogens is 178 g/mol. The summed E-state index contributed by atoms with van der Waals surface area (Å²) in [6, 6.07) is 0.102. The standard InChI is InChI=1S/C10H23N3O/c11-7-10(12)8-13-4-1-9-2-5-14-6-3-9/h9-10,13H,1-8,11-12H2. The summed E-state index contributed by atoms with van der Waals surface area (Å²) in [5, 5.41) is 3.34. The normalized spacial score (nSPS) is 21.0. The van der Waals surface area contributed by atoms with Crippen LogP contribution in [0.2, 0.25) is 0 Å². The molecule has 0 bridgehead atoms. The van der Waals surface area contributed by atoms with Gasteiger partial charge in [0.2, 0.25) is 0 Å². The fourth-order valence-electron chi connectivity index (χ4n) is 1.71. The fourth-order valence-corrected chi connectivity index (χ4v) is 1.71. The molecule has 0 saturated carbocycles. The van der Waals surface area contributed by atoms with Gasteiger partial charge < -0.3 is 21.5 Å². The summed E-state index contributed by atoms with van der Waals surface area (Å²) in [6.07, 6.45) is 3.66. The van der Waals surface area contributed by atoms with Crippen molar-refractivity contribution in [3.8, 4) is 0 Å². The smallest absolute Gasteiger partial charge is 0.0468 e. The van der Waals surface area contributed by atoms with Crippen LogP contribution in [0, 0.1) is 5.92 Å². The number of rotatable bonds is 6. The van der Waals surface area contributed by atoms with Crippen LogP contribution in [-0.4, -0.2) is 38.9 Å². The molecule has 0 spiro atoms. The van der Waals surface area contributed by atoms with Gasteiger partial charge in [0, 0.05) is 32.3 Å². The summed E-state index contributed by atoms with van der Waals surface area (Å²) in [5.41, 5.74) is 11.1. The lowest BCUT2D eigenvalue weighted by atomic mass is 9.97. The Morgan fingerprint density at radius 3 is 2.71 bits per heavy atom. The maximum Gasteiger partial charge on any atom is 0.0468 e. The Bertz CT molecular complexity index is 137. The molecule has 4 heteroatoms. The zero-order valence-corrected chi connectivity index (χ0v) is 8.87. The molecule has 1 aliphatic heterocycles.